The first kappa shape index (κ1) is 11.1. The summed E-state index contributed by atoms with van der Waals surface area (Å²) in [6.45, 7) is 1.68. The zero-order valence-corrected chi connectivity index (χ0v) is 9.53. The third-order valence-corrected chi connectivity index (χ3v) is 3.76. The number of rotatable bonds is 1. The molecular weight excluding hydrogens is 189 g/mol. The molecule has 0 radical (unpaired) electrons. The highest BCUT2D eigenvalue weighted by Crippen LogP contribution is 2.36. The Morgan fingerprint density at radius 1 is 1.07 bits per heavy atom. The summed E-state index contributed by atoms with van der Waals surface area (Å²) in [5, 5.41) is 3.24. The van der Waals surface area contributed by atoms with E-state index >= 15 is 0 Å². The lowest BCUT2D eigenvalue weighted by Crippen LogP contribution is -2.40. The molecule has 2 rings (SSSR count). The van der Waals surface area contributed by atoms with E-state index in [0.29, 0.717) is 12.8 Å². The smallest absolute Gasteiger partial charge is 0.134 e. The molecule has 1 heterocycles. The minimum absolute atomic E-state index is 0.679. The normalized spacial score (nSPS) is 27.7. The van der Waals surface area contributed by atoms with Gasteiger partial charge in [0.2, 0.25) is 0 Å². The van der Waals surface area contributed by atoms with Crippen LogP contribution in [0.25, 0.3) is 0 Å². The molecule has 0 spiro atoms. The zero-order valence-electron chi connectivity index (χ0n) is 9.53. The Hall–Kier alpha value is -0.370. The molecule has 1 fully saturated rings. The number of piperidine rings is 1. The molecule has 2 aliphatic rings. The van der Waals surface area contributed by atoms with Crippen LogP contribution >= 0.6 is 0 Å². The van der Waals surface area contributed by atoms with Crippen LogP contribution < -0.4 is 5.32 Å². The highest BCUT2D eigenvalue weighted by atomic mass is 19.1. The minimum Gasteiger partial charge on any atom is -0.316 e. The molecule has 0 saturated carbocycles. The SMILES string of the molecule is FC1(C2=CCCCCCC2)CCNCC1. The molecule has 1 saturated heterocycles. The molecular formula is C13H22FN. The van der Waals surface area contributed by atoms with Crippen LogP contribution in [-0.4, -0.2) is 18.8 Å². The Morgan fingerprint density at radius 2 is 1.80 bits per heavy atom. The number of alkyl halides is 1. The van der Waals surface area contributed by atoms with Crippen molar-refractivity contribution in [2.75, 3.05) is 13.1 Å². The monoisotopic (exact) mass is 211 g/mol. The van der Waals surface area contributed by atoms with E-state index in [2.05, 4.69) is 11.4 Å². The van der Waals surface area contributed by atoms with Crippen molar-refractivity contribution < 1.29 is 4.39 Å². The lowest BCUT2D eigenvalue weighted by molar-refractivity contribution is 0.152. The summed E-state index contributed by atoms with van der Waals surface area (Å²) in [6, 6.07) is 0. The fourth-order valence-electron chi connectivity index (χ4n) is 2.74. The van der Waals surface area contributed by atoms with E-state index in [4.69, 9.17) is 0 Å². The van der Waals surface area contributed by atoms with Crippen LogP contribution in [0.4, 0.5) is 4.39 Å². The lowest BCUT2D eigenvalue weighted by atomic mass is 9.82. The molecule has 15 heavy (non-hydrogen) atoms. The largest absolute Gasteiger partial charge is 0.316 e. The molecule has 1 aliphatic heterocycles. The highest BCUT2D eigenvalue weighted by molar-refractivity contribution is 5.19. The molecule has 0 aromatic rings. The molecule has 2 heteroatoms. The summed E-state index contributed by atoms with van der Waals surface area (Å²) < 4.78 is 14.7. The number of allylic oxidation sites excluding steroid dienone is 2. The molecule has 0 bridgehead atoms. The Balaban J connectivity index is 2.04. The standard InChI is InChI=1S/C13H22FN/c14-13(8-10-15-11-9-13)12-6-4-2-1-3-5-7-12/h6,15H,1-5,7-11H2. The number of hydrogen-bond donors (Lipinski definition) is 1. The summed E-state index contributed by atoms with van der Waals surface area (Å²) in [7, 11) is 0. The zero-order chi connectivity index (χ0) is 10.6. The van der Waals surface area contributed by atoms with Gasteiger partial charge in [0.1, 0.15) is 5.67 Å². The Kier molecular flexibility index (Phi) is 3.79. The maximum Gasteiger partial charge on any atom is 0.134 e. The molecule has 86 valence electrons. The van der Waals surface area contributed by atoms with E-state index in [1.54, 1.807) is 0 Å². The Labute approximate surface area is 92.1 Å². The van der Waals surface area contributed by atoms with Crippen LogP contribution in [0.2, 0.25) is 0 Å². The van der Waals surface area contributed by atoms with Gasteiger partial charge in [-0.05, 0) is 57.2 Å². The first-order chi connectivity index (χ1) is 7.31. The number of hydrogen-bond acceptors (Lipinski definition) is 1. The van der Waals surface area contributed by atoms with E-state index in [1.165, 1.54) is 25.7 Å². The maximum absolute atomic E-state index is 14.7. The molecule has 1 N–H and O–H groups in total. The van der Waals surface area contributed by atoms with Gasteiger partial charge in [0.25, 0.3) is 0 Å². The second-order valence-electron chi connectivity index (χ2n) is 4.90. The maximum atomic E-state index is 14.7. The van der Waals surface area contributed by atoms with Crippen molar-refractivity contribution in [1.29, 1.82) is 0 Å². The first-order valence-corrected chi connectivity index (χ1v) is 6.40. The summed E-state index contributed by atoms with van der Waals surface area (Å²) in [4.78, 5) is 0. The van der Waals surface area contributed by atoms with Gasteiger partial charge < -0.3 is 5.32 Å². The van der Waals surface area contributed by atoms with Gasteiger partial charge in [-0.15, -0.1) is 0 Å². The van der Waals surface area contributed by atoms with Gasteiger partial charge in [-0.25, -0.2) is 4.39 Å². The van der Waals surface area contributed by atoms with Crippen molar-refractivity contribution in [3.63, 3.8) is 0 Å². The fourth-order valence-corrected chi connectivity index (χ4v) is 2.74. The van der Waals surface area contributed by atoms with Crippen LogP contribution in [0.3, 0.4) is 0 Å². The second kappa shape index (κ2) is 5.11. The van der Waals surface area contributed by atoms with Crippen LogP contribution in [0.1, 0.15) is 51.4 Å². The van der Waals surface area contributed by atoms with Gasteiger partial charge in [-0.3, -0.25) is 0 Å². The van der Waals surface area contributed by atoms with Gasteiger partial charge in [-0.1, -0.05) is 18.9 Å². The predicted molar refractivity (Wildman–Crippen MR) is 61.7 cm³/mol. The highest BCUT2D eigenvalue weighted by Gasteiger charge is 2.35. The van der Waals surface area contributed by atoms with Gasteiger partial charge >= 0.3 is 0 Å². The van der Waals surface area contributed by atoms with E-state index in [-0.39, 0.29) is 0 Å². The van der Waals surface area contributed by atoms with Gasteiger partial charge in [0.05, 0.1) is 0 Å². The predicted octanol–water partition coefficient (Wildman–Crippen LogP) is 3.36. The topological polar surface area (TPSA) is 12.0 Å². The molecule has 1 aliphatic carbocycles. The van der Waals surface area contributed by atoms with Crippen molar-refractivity contribution in [2.45, 2.75) is 57.0 Å². The average Bonchev–Trinajstić information content (AvgIpc) is 2.17. The molecule has 1 nitrogen and oxygen atoms in total. The van der Waals surface area contributed by atoms with E-state index in [0.717, 1.165) is 31.5 Å². The molecule has 0 atom stereocenters. The van der Waals surface area contributed by atoms with Crippen LogP contribution in [0.15, 0.2) is 11.6 Å². The molecule has 0 amide bonds. The summed E-state index contributed by atoms with van der Waals surface area (Å²) in [6.07, 6.45) is 10.7. The van der Waals surface area contributed by atoms with E-state index in [9.17, 15) is 4.39 Å². The number of halogens is 1. The van der Waals surface area contributed by atoms with Crippen molar-refractivity contribution >= 4 is 0 Å². The number of nitrogens with one attached hydrogen (secondary N) is 1. The quantitative estimate of drug-likeness (QED) is 0.656. The Bertz CT molecular complexity index is 229. The lowest BCUT2D eigenvalue weighted by Gasteiger charge is -2.33. The first-order valence-electron chi connectivity index (χ1n) is 6.40. The summed E-state index contributed by atoms with van der Waals surface area (Å²) in [5.41, 5.74) is 0.145. The summed E-state index contributed by atoms with van der Waals surface area (Å²) >= 11 is 0. The van der Waals surface area contributed by atoms with Gasteiger partial charge in [0.15, 0.2) is 0 Å². The van der Waals surface area contributed by atoms with Crippen molar-refractivity contribution in [3.8, 4) is 0 Å². The second-order valence-corrected chi connectivity index (χ2v) is 4.90. The van der Waals surface area contributed by atoms with Crippen molar-refractivity contribution in [1.82, 2.24) is 5.32 Å². The third kappa shape index (κ3) is 2.81. The third-order valence-electron chi connectivity index (χ3n) is 3.76. The van der Waals surface area contributed by atoms with Crippen LogP contribution in [0.5, 0.6) is 0 Å². The van der Waals surface area contributed by atoms with Crippen LogP contribution in [-0.2, 0) is 0 Å². The minimum atomic E-state index is -0.970. The van der Waals surface area contributed by atoms with Gasteiger partial charge in [-0.2, -0.15) is 0 Å². The van der Waals surface area contributed by atoms with Crippen LogP contribution in [0, 0.1) is 0 Å². The van der Waals surface area contributed by atoms with E-state index < -0.39 is 5.67 Å². The fraction of sp³-hybridized carbons (Fsp3) is 0.846. The molecule has 0 aromatic carbocycles. The summed E-state index contributed by atoms with van der Waals surface area (Å²) in [5.74, 6) is 0. The molecule has 0 unspecified atom stereocenters. The average molecular weight is 211 g/mol. The van der Waals surface area contributed by atoms with E-state index in [1.807, 2.05) is 0 Å². The molecule has 0 aromatic heterocycles. The van der Waals surface area contributed by atoms with Crippen molar-refractivity contribution in [2.24, 2.45) is 0 Å². The van der Waals surface area contributed by atoms with Gasteiger partial charge in [0, 0.05) is 0 Å². The Morgan fingerprint density at radius 3 is 2.60 bits per heavy atom. The van der Waals surface area contributed by atoms with Crippen molar-refractivity contribution in [3.05, 3.63) is 11.6 Å².